The molecule has 0 spiro atoms. The van der Waals surface area contributed by atoms with Crippen LogP contribution in [0.15, 0.2) is 21.9 Å². The van der Waals surface area contributed by atoms with Gasteiger partial charge in [-0.25, -0.2) is 9.59 Å². The van der Waals surface area contributed by atoms with E-state index in [-0.39, 0.29) is 51.1 Å². The molecule has 144 valence electrons. The molecule has 0 aliphatic heterocycles. The minimum absolute atomic E-state index is 0.00242. The molecule has 11 heteroatoms. The van der Waals surface area contributed by atoms with Gasteiger partial charge in [0.15, 0.2) is 0 Å². The van der Waals surface area contributed by atoms with Crippen molar-refractivity contribution < 1.29 is 19.1 Å². The van der Waals surface area contributed by atoms with Gasteiger partial charge in [-0.05, 0) is 12.1 Å². The second kappa shape index (κ2) is 9.31. The van der Waals surface area contributed by atoms with Gasteiger partial charge in [0, 0.05) is 9.79 Å². The lowest BCUT2D eigenvalue weighted by Gasteiger charge is -2.16. The number of esters is 2. The van der Waals surface area contributed by atoms with E-state index in [1.807, 2.05) is 0 Å². The Hall–Kier alpha value is -0.530. The van der Waals surface area contributed by atoms with E-state index in [1.165, 1.54) is 26.4 Å². The van der Waals surface area contributed by atoms with E-state index in [0.29, 0.717) is 0 Å². The van der Waals surface area contributed by atoms with Gasteiger partial charge in [-0.2, -0.15) is 0 Å². The van der Waals surface area contributed by atoms with Crippen molar-refractivity contribution in [2.24, 2.45) is 0 Å². The van der Waals surface area contributed by atoms with Gasteiger partial charge in [0.2, 0.25) is 0 Å². The summed E-state index contributed by atoms with van der Waals surface area (Å²) in [7, 11) is 2.36. The van der Waals surface area contributed by atoms with Crippen LogP contribution in [0.3, 0.4) is 0 Å². The fourth-order valence-corrected chi connectivity index (χ4v) is 5.05. The zero-order chi connectivity index (χ0) is 20.5. The first-order valence-corrected chi connectivity index (χ1v) is 9.91. The van der Waals surface area contributed by atoms with Crippen LogP contribution in [0.25, 0.3) is 0 Å². The number of ether oxygens (including phenoxy) is 2. The molecule has 27 heavy (non-hydrogen) atoms. The van der Waals surface area contributed by atoms with E-state index < -0.39 is 11.9 Å². The van der Waals surface area contributed by atoms with Crippen molar-refractivity contribution in [1.82, 2.24) is 0 Å². The summed E-state index contributed by atoms with van der Waals surface area (Å²) in [5, 5.41) is 0.190. The quantitative estimate of drug-likeness (QED) is 0.319. The Balaban J connectivity index is 2.82. The molecule has 0 bridgehead atoms. The average Bonchev–Trinajstić information content (AvgIpc) is 2.62. The summed E-state index contributed by atoms with van der Waals surface area (Å²) in [5.41, 5.74) is -0.108. The molecule has 2 aromatic carbocycles. The molecule has 0 atom stereocenters. The highest BCUT2D eigenvalue weighted by atomic mass is 35.5. The van der Waals surface area contributed by atoms with Crippen molar-refractivity contribution in [3.05, 3.63) is 53.4 Å². The van der Waals surface area contributed by atoms with Crippen molar-refractivity contribution in [2.45, 2.75) is 9.79 Å². The number of benzene rings is 2. The molecule has 0 unspecified atom stereocenters. The van der Waals surface area contributed by atoms with Crippen LogP contribution in [0.1, 0.15) is 20.7 Å². The third-order valence-electron chi connectivity index (χ3n) is 3.24. The normalized spacial score (nSPS) is 10.7. The maximum absolute atomic E-state index is 12.2. The number of hydrogen-bond donors (Lipinski definition) is 0. The molecular weight excluding hydrogens is 501 g/mol. The third kappa shape index (κ3) is 4.56. The number of halogens is 6. The maximum atomic E-state index is 12.2. The lowest BCUT2D eigenvalue weighted by Crippen LogP contribution is -2.07. The summed E-state index contributed by atoms with van der Waals surface area (Å²) in [4.78, 5) is 24.6. The standard InChI is InChI=1S/C16H8Cl6O4S/c1-25-15(23)9-5(17)3-7(19)11(21)13(9)27-14-10(16(24)26-2)6(18)4-8(20)12(14)22/h3-4H,1-2H3. The lowest BCUT2D eigenvalue weighted by atomic mass is 10.2. The molecular formula is C16H8Cl6O4S. The molecule has 0 amide bonds. The highest BCUT2D eigenvalue weighted by Gasteiger charge is 2.28. The molecule has 2 rings (SSSR count). The largest absolute Gasteiger partial charge is 0.465 e. The van der Waals surface area contributed by atoms with E-state index in [1.54, 1.807) is 0 Å². The molecule has 0 radical (unpaired) electrons. The van der Waals surface area contributed by atoms with Crippen molar-refractivity contribution in [3.63, 3.8) is 0 Å². The van der Waals surface area contributed by atoms with Gasteiger partial charge < -0.3 is 9.47 Å². The molecule has 0 aliphatic rings. The molecule has 2 aromatic rings. The predicted molar refractivity (Wildman–Crippen MR) is 110 cm³/mol. The van der Waals surface area contributed by atoms with Crippen molar-refractivity contribution in [2.75, 3.05) is 14.2 Å². The first-order chi connectivity index (χ1) is 12.6. The smallest absolute Gasteiger partial charge is 0.340 e. The van der Waals surface area contributed by atoms with Gasteiger partial charge in [-0.15, -0.1) is 0 Å². The number of carbonyl (C=O) groups is 2. The number of carbonyl (C=O) groups excluding carboxylic acids is 2. The van der Waals surface area contributed by atoms with Crippen LogP contribution in [0.5, 0.6) is 0 Å². The van der Waals surface area contributed by atoms with Crippen LogP contribution in [0, 0.1) is 0 Å². The Morgan fingerprint density at radius 2 is 1.04 bits per heavy atom. The Labute approximate surface area is 188 Å². The maximum Gasteiger partial charge on any atom is 0.340 e. The Morgan fingerprint density at radius 3 is 1.33 bits per heavy atom. The van der Waals surface area contributed by atoms with Gasteiger partial charge in [0.05, 0.1) is 55.5 Å². The van der Waals surface area contributed by atoms with Crippen LogP contribution >= 0.6 is 81.4 Å². The molecule has 0 saturated heterocycles. The van der Waals surface area contributed by atoms with Crippen molar-refractivity contribution in [3.8, 4) is 0 Å². The molecule has 0 aliphatic carbocycles. The fraction of sp³-hybridized carbons (Fsp3) is 0.125. The van der Waals surface area contributed by atoms with Crippen molar-refractivity contribution in [1.29, 1.82) is 0 Å². The van der Waals surface area contributed by atoms with Crippen LogP contribution < -0.4 is 0 Å². The number of hydrogen-bond acceptors (Lipinski definition) is 5. The van der Waals surface area contributed by atoms with Crippen LogP contribution in [0.2, 0.25) is 30.1 Å². The Morgan fingerprint density at radius 1 is 0.704 bits per heavy atom. The molecule has 0 saturated carbocycles. The summed E-state index contributed by atoms with van der Waals surface area (Å²) >= 11 is 37.8. The van der Waals surface area contributed by atoms with Crippen LogP contribution in [-0.2, 0) is 9.47 Å². The highest BCUT2D eigenvalue weighted by molar-refractivity contribution is 7.99. The van der Waals surface area contributed by atoms with E-state index in [0.717, 1.165) is 11.8 Å². The predicted octanol–water partition coefficient (Wildman–Crippen LogP) is 7.33. The Kier molecular flexibility index (Phi) is 7.85. The summed E-state index contributed by atoms with van der Waals surface area (Å²) in [6, 6.07) is 2.60. The summed E-state index contributed by atoms with van der Waals surface area (Å²) in [6.45, 7) is 0. The minimum atomic E-state index is -0.759. The zero-order valence-corrected chi connectivity index (χ0v) is 18.8. The second-order valence-electron chi connectivity index (χ2n) is 4.80. The summed E-state index contributed by atoms with van der Waals surface area (Å²) in [5.74, 6) is -1.52. The SMILES string of the molecule is COC(=O)c1c(Cl)cc(Cl)c(Cl)c1Sc1c(Cl)c(Cl)cc(Cl)c1C(=O)OC. The molecule has 4 nitrogen and oxygen atoms in total. The molecule has 0 N–H and O–H groups in total. The first kappa shape index (κ1) is 22.8. The number of rotatable bonds is 4. The fourth-order valence-electron chi connectivity index (χ4n) is 2.03. The van der Waals surface area contributed by atoms with Gasteiger partial charge >= 0.3 is 11.9 Å². The third-order valence-corrected chi connectivity index (χ3v) is 6.86. The van der Waals surface area contributed by atoms with Gasteiger partial charge in [-0.1, -0.05) is 81.4 Å². The second-order valence-corrected chi connectivity index (χ2v) is 8.21. The van der Waals surface area contributed by atoms with Gasteiger partial charge in [-0.3, -0.25) is 0 Å². The number of methoxy groups -OCH3 is 2. The van der Waals surface area contributed by atoms with Gasteiger partial charge in [0.25, 0.3) is 0 Å². The van der Waals surface area contributed by atoms with E-state index in [2.05, 4.69) is 0 Å². The van der Waals surface area contributed by atoms with Crippen LogP contribution in [-0.4, -0.2) is 26.2 Å². The molecule has 0 fully saturated rings. The Bertz CT molecular complexity index is 872. The van der Waals surface area contributed by atoms with E-state index in [9.17, 15) is 9.59 Å². The summed E-state index contributed by atoms with van der Waals surface area (Å²) < 4.78 is 9.50. The monoisotopic (exact) mass is 506 g/mol. The molecule has 0 heterocycles. The first-order valence-electron chi connectivity index (χ1n) is 6.83. The van der Waals surface area contributed by atoms with E-state index >= 15 is 0 Å². The topological polar surface area (TPSA) is 52.6 Å². The highest BCUT2D eigenvalue weighted by Crippen LogP contribution is 2.48. The minimum Gasteiger partial charge on any atom is -0.465 e. The average molecular weight is 509 g/mol. The zero-order valence-electron chi connectivity index (χ0n) is 13.5. The summed E-state index contributed by atoms with van der Waals surface area (Å²) in [6.07, 6.45) is 0. The van der Waals surface area contributed by atoms with Crippen molar-refractivity contribution >= 4 is 93.3 Å². The van der Waals surface area contributed by atoms with Crippen LogP contribution in [0.4, 0.5) is 0 Å². The lowest BCUT2D eigenvalue weighted by molar-refractivity contribution is 0.0589. The van der Waals surface area contributed by atoms with E-state index in [4.69, 9.17) is 79.1 Å². The van der Waals surface area contributed by atoms with Gasteiger partial charge in [0.1, 0.15) is 0 Å². The molecule has 0 aromatic heterocycles.